The van der Waals surface area contributed by atoms with Gasteiger partial charge in [0.15, 0.2) is 0 Å². The summed E-state index contributed by atoms with van der Waals surface area (Å²) in [6, 6.07) is 23.3. The van der Waals surface area contributed by atoms with Gasteiger partial charge in [-0.2, -0.15) is 0 Å². The molecule has 5 heterocycles. The number of benzene rings is 2. The summed E-state index contributed by atoms with van der Waals surface area (Å²) in [6.07, 6.45) is 44.2. The number of carboxylic acids is 1. The Morgan fingerprint density at radius 2 is 0.813 bits per heavy atom. The van der Waals surface area contributed by atoms with Crippen LogP contribution < -0.4 is 34.5 Å². The molecule has 0 amide bonds. The van der Waals surface area contributed by atoms with Gasteiger partial charge in [0.25, 0.3) is 5.97 Å². The Kier molecular flexibility index (Phi) is 30.9. The van der Waals surface area contributed by atoms with Gasteiger partial charge in [-0.3, -0.25) is 24.2 Å². The maximum atomic E-state index is 11.9. The van der Waals surface area contributed by atoms with E-state index in [9.17, 15) is 19.2 Å². The van der Waals surface area contributed by atoms with Gasteiger partial charge in [0.2, 0.25) is 5.97 Å². The number of piperidine rings is 4. The SMILES string of the molecule is CC(=O)O.CC(=O)OOC(C)=O.O=C1C[C@H]2CCC[C@@H](C1)N2C1CCCCCCCCC1.[B-]OC(C)=O.[Na+].c1ccc2c(c1)CCC2.c1ccc2c(c1)CCN2C1C[C@H]2CCC[C@@H](C1)N2C1CCCCCCCCC1. The molecule has 12 nitrogen and oxygen atoms in total. The Morgan fingerprint density at radius 3 is 1.21 bits per heavy atom. The Labute approximate surface area is 475 Å². The number of rotatable bonds is 3. The number of ketones is 1. The Morgan fingerprint density at radius 1 is 0.467 bits per heavy atom. The summed E-state index contributed by atoms with van der Waals surface area (Å²) in [5, 5.41) is 7.42. The van der Waals surface area contributed by atoms with Gasteiger partial charge in [-0.25, -0.2) is 19.4 Å². The molecule has 2 saturated carbocycles. The second-order valence-corrected chi connectivity index (χ2v) is 22.3. The molecule has 2 aromatic carbocycles. The summed E-state index contributed by atoms with van der Waals surface area (Å²) < 4.78 is 3.61. The summed E-state index contributed by atoms with van der Waals surface area (Å²) in [5.74, 6) is -2.04. The summed E-state index contributed by atoms with van der Waals surface area (Å²) >= 11 is 0. The van der Waals surface area contributed by atoms with Crippen LogP contribution in [-0.2, 0) is 57.7 Å². The number of hydrogen-bond acceptors (Lipinski definition) is 11. The maximum Gasteiger partial charge on any atom is 1.00 e. The molecule has 4 bridgehead atoms. The summed E-state index contributed by atoms with van der Waals surface area (Å²) in [4.78, 5) is 66.4. The van der Waals surface area contributed by atoms with Crippen LogP contribution in [0, 0.1) is 0 Å². The van der Waals surface area contributed by atoms with Crippen molar-refractivity contribution in [2.24, 2.45) is 0 Å². The van der Waals surface area contributed by atoms with Crippen molar-refractivity contribution < 1.29 is 73.1 Å². The Hall–Kier alpha value is -3.23. The first kappa shape index (κ1) is 64.3. The van der Waals surface area contributed by atoms with E-state index >= 15 is 0 Å². The molecular formula is C61H94BN3NaO9. The molecule has 14 heteroatoms. The third-order valence-corrected chi connectivity index (χ3v) is 16.7. The number of anilines is 1. The van der Waals surface area contributed by atoms with Crippen molar-refractivity contribution in [1.82, 2.24) is 9.80 Å². The normalized spacial score (nSPS) is 25.1. The predicted molar refractivity (Wildman–Crippen MR) is 295 cm³/mol. The van der Waals surface area contributed by atoms with E-state index in [0.717, 1.165) is 63.8 Å². The van der Waals surface area contributed by atoms with Crippen LogP contribution in [-0.4, -0.2) is 101 Å². The van der Waals surface area contributed by atoms with Crippen molar-refractivity contribution >= 4 is 43.4 Å². The molecule has 5 aliphatic heterocycles. The fourth-order valence-electron chi connectivity index (χ4n) is 13.6. The van der Waals surface area contributed by atoms with Crippen molar-refractivity contribution in [3.8, 4) is 0 Å². The van der Waals surface area contributed by atoms with Crippen molar-refractivity contribution in [1.29, 1.82) is 0 Å². The number of nitrogens with zero attached hydrogens (tertiary/aromatic N) is 3. The number of hydrogen-bond donors (Lipinski definition) is 1. The van der Waals surface area contributed by atoms with Crippen LogP contribution in [0.1, 0.15) is 231 Å². The zero-order valence-electron chi connectivity index (χ0n) is 47.1. The van der Waals surface area contributed by atoms with E-state index in [4.69, 9.17) is 9.90 Å². The fraction of sp³-hybridized carbons (Fsp3) is 0.721. The van der Waals surface area contributed by atoms with Gasteiger partial charge in [-0.15, -0.1) is 0 Å². The number of aryl methyl sites for hydroxylation is 2. The molecule has 3 radical (unpaired) electrons. The molecule has 1 unspecified atom stereocenters. The minimum absolute atomic E-state index is 0. The molecule has 8 aliphatic rings. The molecule has 0 aromatic heterocycles. The average molecular weight is 1050 g/mol. The summed E-state index contributed by atoms with van der Waals surface area (Å²) in [5.41, 5.74) is 6.27. The van der Waals surface area contributed by atoms with Crippen molar-refractivity contribution in [2.75, 3.05) is 11.4 Å². The van der Waals surface area contributed by atoms with Crippen LogP contribution >= 0.6 is 0 Å². The molecular weight excluding hydrogens is 952 g/mol. The van der Waals surface area contributed by atoms with E-state index in [2.05, 4.69) is 85.7 Å². The number of carboxylic acid groups (broad SMARTS) is 1. The number of carbonyl (C=O) groups excluding carboxylic acids is 4. The molecule has 2 aromatic rings. The first-order valence-electron chi connectivity index (χ1n) is 29.2. The first-order valence-corrected chi connectivity index (χ1v) is 29.2. The van der Waals surface area contributed by atoms with Gasteiger partial charge in [0.05, 0.1) is 0 Å². The fourth-order valence-corrected chi connectivity index (χ4v) is 13.6. The second kappa shape index (κ2) is 36.0. The summed E-state index contributed by atoms with van der Waals surface area (Å²) in [6.45, 7) is 5.86. The summed E-state index contributed by atoms with van der Waals surface area (Å²) in [7, 11) is 4.32. The van der Waals surface area contributed by atoms with E-state index in [1.807, 2.05) is 0 Å². The van der Waals surface area contributed by atoms with E-state index in [-0.39, 0.29) is 29.6 Å². The van der Waals surface area contributed by atoms with Gasteiger partial charge < -0.3 is 22.7 Å². The van der Waals surface area contributed by atoms with Gasteiger partial charge in [-0.1, -0.05) is 145 Å². The van der Waals surface area contributed by atoms with Crippen LogP contribution in [0.4, 0.5) is 5.69 Å². The molecule has 10 rings (SSSR count). The zero-order valence-corrected chi connectivity index (χ0v) is 49.1. The van der Waals surface area contributed by atoms with E-state index in [0.29, 0.717) is 17.9 Å². The zero-order chi connectivity index (χ0) is 53.1. The molecule has 1 N–H and O–H groups in total. The molecule has 0 spiro atoms. The monoisotopic (exact) mass is 1050 g/mol. The average Bonchev–Trinajstić information content (AvgIpc) is 4.05. The number of para-hydroxylation sites is 1. The smallest absolute Gasteiger partial charge is 0.793 e. The largest absolute Gasteiger partial charge is 1.00 e. The minimum Gasteiger partial charge on any atom is -0.793 e. The molecule has 75 heavy (non-hydrogen) atoms. The quantitative estimate of drug-likeness (QED) is 0.178. The van der Waals surface area contributed by atoms with Gasteiger partial charge in [0, 0.05) is 95.1 Å². The molecule has 411 valence electrons. The van der Waals surface area contributed by atoms with Gasteiger partial charge in [0.1, 0.15) is 5.78 Å². The van der Waals surface area contributed by atoms with Crippen LogP contribution in [0.15, 0.2) is 48.5 Å². The molecule has 3 aliphatic carbocycles. The van der Waals surface area contributed by atoms with Gasteiger partial charge >= 0.3 is 41.5 Å². The third kappa shape index (κ3) is 23.0. The molecule has 4 saturated heterocycles. The van der Waals surface area contributed by atoms with Gasteiger partial charge in [-0.05, 0) is 113 Å². The standard InChI is InChI=1S/C26H40N2.C18H31NO.C9H10.C4H6O4.C2H3BO2.C2H4O2.Na/c1-2-4-6-12-22(13-7-5-3-1)28-23-14-10-15-24(28)20-25(19-23)27-18-17-21-11-8-9-16-26(21)27;20-18-13-16-11-8-12-17(14-18)19(16)15-9-6-4-2-1-3-5-7-10-15;1-2-5-9-7-3-6-8(9)4-1;1-3(5)7-8-4(2)6;1-2(4)5-3;1-2(3)4;/h8-9,11,16,22-25H,1-7,10,12-15,17-20H2;15-17H,1-14H2;1-2,4-5H,3,6-7H2;1-2H3;1H3;1H3,(H,3,4);/q;;;;-1;;+1/t23-,24+,25?;16-,17+;;;;;. The van der Waals surface area contributed by atoms with Crippen LogP contribution in [0.25, 0.3) is 0 Å². The van der Waals surface area contributed by atoms with Crippen molar-refractivity contribution in [3.05, 3.63) is 65.2 Å². The van der Waals surface area contributed by atoms with Crippen LogP contribution in [0.3, 0.4) is 0 Å². The van der Waals surface area contributed by atoms with E-state index in [1.165, 1.54) is 206 Å². The number of aliphatic carboxylic acids is 1. The Bertz CT molecular complexity index is 1920. The van der Waals surface area contributed by atoms with Crippen LogP contribution in [0.5, 0.6) is 0 Å². The Balaban J connectivity index is 0.000000224. The molecule has 6 fully saturated rings. The third-order valence-electron chi connectivity index (χ3n) is 16.7. The second-order valence-electron chi connectivity index (χ2n) is 22.3. The number of Topliss-reactive ketones (excluding diaryl/α,β-unsaturated/α-hetero) is 1. The minimum atomic E-state index is -0.833. The predicted octanol–water partition coefficient (Wildman–Crippen LogP) is 9.72. The van der Waals surface area contributed by atoms with Crippen LogP contribution in [0.2, 0.25) is 0 Å². The van der Waals surface area contributed by atoms with Crippen molar-refractivity contribution in [3.63, 3.8) is 0 Å². The number of fused-ring (bicyclic) bond motifs is 6. The number of carbonyl (C=O) groups is 5. The first-order chi connectivity index (χ1) is 35.8. The topological polar surface area (TPSA) is 143 Å². The molecule has 5 atom stereocenters. The van der Waals surface area contributed by atoms with E-state index in [1.54, 1.807) is 22.4 Å². The van der Waals surface area contributed by atoms with Crippen molar-refractivity contribution in [2.45, 2.75) is 275 Å². The maximum absolute atomic E-state index is 11.9. The van der Waals surface area contributed by atoms with E-state index < -0.39 is 23.9 Å².